The fourth-order valence-corrected chi connectivity index (χ4v) is 1.27. The average Bonchev–Trinajstić information content (AvgIpc) is 1.85. The van der Waals surface area contributed by atoms with Gasteiger partial charge in [0.2, 0.25) is 0 Å². The Morgan fingerprint density at radius 1 is 1.36 bits per heavy atom. The lowest BCUT2D eigenvalue weighted by Crippen LogP contribution is -2.21. The molecule has 0 atom stereocenters. The molecule has 11 heavy (non-hydrogen) atoms. The van der Waals surface area contributed by atoms with Crippen LogP contribution in [-0.2, 0) is 14.3 Å². The van der Waals surface area contributed by atoms with Crippen LogP contribution in [0.2, 0.25) is 25.7 Å². The number of carbonyl (C=O) groups excluding carboxylic acids is 1. The Balaban J connectivity index is 3.08. The number of carbonyl (C=O) groups is 1. The minimum Gasteiger partial charge on any atom is -0.441 e. The Morgan fingerprint density at radius 3 is 2.45 bits per heavy atom. The van der Waals surface area contributed by atoms with E-state index in [1.54, 1.807) is 0 Å². The van der Waals surface area contributed by atoms with Crippen LogP contribution in [0.1, 0.15) is 0 Å². The van der Waals surface area contributed by atoms with Crippen molar-refractivity contribution < 1.29 is 14.3 Å². The Kier molecular flexibility index (Phi) is 5.15. The fraction of sp³-hybridized carbons (Fsp3) is 0.857. The Hall–Kier alpha value is -0.353. The summed E-state index contributed by atoms with van der Waals surface area (Å²) in [5.41, 5.74) is 0. The van der Waals surface area contributed by atoms with E-state index >= 15 is 0 Å². The maximum absolute atomic E-state index is 9.67. The van der Waals surface area contributed by atoms with E-state index in [0.717, 1.165) is 6.04 Å². The van der Waals surface area contributed by atoms with Gasteiger partial charge in [0.15, 0.2) is 6.79 Å². The van der Waals surface area contributed by atoms with Crippen molar-refractivity contribution in [3.05, 3.63) is 0 Å². The van der Waals surface area contributed by atoms with Crippen molar-refractivity contribution in [2.75, 3.05) is 13.4 Å². The maximum Gasteiger partial charge on any atom is 0.295 e. The van der Waals surface area contributed by atoms with Crippen LogP contribution in [0.25, 0.3) is 0 Å². The second-order valence-electron chi connectivity index (χ2n) is 3.60. The quantitative estimate of drug-likeness (QED) is 0.266. The third-order valence-electron chi connectivity index (χ3n) is 1.22. The molecule has 4 heteroatoms. The molecule has 0 fully saturated rings. The van der Waals surface area contributed by atoms with Crippen LogP contribution in [0.4, 0.5) is 0 Å². The first-order valence-electron chi connectivity index (χ1n) is 3.69. The summed E-state index contributed by atoms with van der Waals surface area (Å²) in [6.45, 7) is 8.01. The Bertz CT molecular complexity index is 109. The van der Waals surface area contributed by atoms with Crippen LogP contribution in [-0.4, -0.2) is 27.9 Å². The summed E-state index contributed by atoms with van der Waals surface area (Å²) in [7, 11) is -0.986. The van der Waals surface area contributed by atoms with Crippen LogP contribution >= 0.6 is 0 Å². The van der Waals surface area contributed by atoms with Crippen LogP contribution in [0.5, 0.6) is 0 Å². The molecule has 0 aliphatic rings. The summed E-state index contributed by atoms with van der Waals surface area (Å²) in [5.74, 6) is 0. The van der Waals surface area contributed by atoms with Gasteiger partial charge in [-0.2, -0.15) is 0 Å². The third-order valence-corrected chi connectivity index (χ3v) is 2.92. The van der Waals surface area contributed by atoms with Gasteiger partial charge in [0.25, 0.3) is 6.47 Å². The first-order valence-corrected chi connectivity index (χ1v) is 7.40. The molecule has 0 heterocycles. The SMILES string of the molecule is C[Si](C)(C)CCOCOC=O. The minimum absolute atomic E-state index is 0.0912. The van der Waals surface area contributed by atoms with Crippen LogP contribution in [0.15, 0.2) is 0 Å². The summed E-state index contributed by atoms with van der Waals surface area (Å²) < 4.78 is 9.39. The molecule has 0 bridgehead atoms. The number of ether oxygens (including phenoxy) is 2. The van der Waals surface area contributed by atoms with Gasteiger partial charge in [0.05, 0.1) is 0 Å². The lowest BCUT2D eigenvalue weighted by atomic mass is 10.9. The molecule has 0 radical (unpaired) electrons. The van der Waals surface area contributed by atoms with Crippen molar-refractivity contribution in [1.29, 1.82) is 0 Å². The van der Waals surface area contributed by atoms with Crippen LogP contribution in [0.3, 0.4) is 0 Å². The van der Waals surface area contributed by atoms with Crippen molar-refractivity contribution >= 4 is 14.5 Å². The highest BCUT2D eigenvalue weighted by molar-refractivity contribution is 6.76. The summed E-state index contributed by atoms with van der Waals surface area (Å²) in [6, 6.07) is 1.11. The van der Waals surface area contributed by atoms with Crippen LogP contribution in [0, 0.1) is 0 Å². The molecule has 0 unspecified atom stereocenters. The smallest absolute Gasteiger partial charge is 0.295 e. The van der Waals surface area contributed by atoms with Gasteiger partial charge in [-0.3, -0.25) is 4.79 Å². The van der Waals surface area contributed by atoms with Crippen molar-refractivity contribution in [3.8, 4) is 0 Å². The predicted molar refractivity (Wildman–Crippen MR) is 46.1 cm³/mol. The number of rotatable bonds is 6. The zero-order valence-electron chi connectivity index (χ0n) is 7.42. The molecule has 0 aromatic rings. The monoisotopic (exact) mass is 176 g/mol. The zero-order valence-corrected chi connectivity index (χ0v) is 8.42. The van der Waals surface area contributed by atoms with Crippen molar-refractivity contribution in [2.24, 2.45) is 0 Å². The van der Waals surface area contributed by atoms with E-state index in [4.69, 9.17) is 4.74 Å². The second-order valence-corrected chi connectivity index (χ2v) is 9.22. The molecular formula is C7H16O3Si. The van der Waals surface area contributed by atoms with Gasteiger partial charge in [-0.1, -0.05) is 19.6 Å². The van der Waals surface area contributed by atoms with Gasteiger partial charge >= 0.3 is 0 Å². The van der Waals surface area contributed by atoms with Gasteiger partial charge < -0.3 is 9.47 Å². The van der Waals surface area contributed by atoms with Gasteiger partial charge in [-0.25, -0.2) is 0 Å². The summed E-state index contributed by atoms with van der Waals surface area (Å²) in [6.07, 6.45) is 0. The van der Waals surface area contributed by atoms with Crippen molar-refractivity contribution in [3.63, 3.8) is 0 Å². The fourth-order valence-electron chi connectivity index (χ4n) is 0.513. The van der Waals surface area contributed by atoms with E-state index in [2.05, 4.69) is 24.4 Å². The topological polar surface area (TPSA) is 35.5 Å². The van der Waals surface area contributed by atoms with Crippen molar-refractivity contribution in [2.45, 2.75) is 25.7 Å². The highest BCUT2D eigenvalue weighted by Gasteiger charge is 2.11. The molecule has 0 rings (SSSR count). The highest BCUT2D eigenvalue weighted by Crippen LogP contribution is 2.07. The van der Waals surface area contributed by atoms with E-state index in [9.17, 15) is 4.79 Å². The summed E-state index contributed by atoms with van der Waals surface area (Å²) in [4.78, 5) is 9.67. The maximum atomic E-state index is 9.67. The molecule has 0 saturated heterocycles. The first kappa shape index (κ1) is 10.6. The van der Waals surface area contributed by atoms with E-state index in [1.807, 2.05) is 0 Å². The molecule has 3 nitrogen and oxygen atoms in total. The average molecular weight is 176 g/mol. The Labute approximate surface area is 68.7 Å². The van der Waals surface area contributed by atoms with E-state index in [1.165, 1.54) is 0 Å². The van der Waals surface area contributed by atoms with E-state index in [0.29, 0.717) is 13.1 Å². The van der Waals surface area contributed by atoms with E-state index in [-0.39, 0.29) is 6.79 Å². The Morgan fingerprint density at radius 2 is 2.00 bits per heavy atom. The normalized spacial score (nSPS) is 11.2. The molecule has 0 amide bonds. The van der Waals surface area contributed by atoms with Gasteiger partial charge in [-0.15, -0.1) is 0 Å². The highest BCUT2D eigenvalue weighted by atomic mass is 28.3. The molecular weight excluding hydrogens is 160 g/mol. The van der Waals surface area contributed by atoms with E-state index < -0.39 is 8.07 Å². The summed E-state index contributed by atoms with van der Waals surface area (Å²) in [5, 5.41) is 0. The molecule has 0 aliphatic heterocycles. The van der Waals surface area contributed by atoms with Crippen LogP contribution < -0.4 is 0 Å². The number of hydrogen-bond donors (Lipinski definition) is 0. The molecule has 0 aromatic heterocycles. The molecule has 0 aromatic carbocycles. The standard InChI is InChI=1S/C7H16O3Si/c1-11(2,3)5-4-9-7-10-6-8/h6H,4-5,7H2,1-3H3. The predicted octanol–water partition coefficient (Wildman–Crippen LogP) is 1.47. The molecule has 0 N–H and O–H groups in total. The summed E-state index contributed by atoms with van der Waals surface area (Å²) >= 11 is 0. The third kappa shape index (κ3) is 9.65. The molecule has 0 saturated carbocycles. The molecule has 66 valence electrons. The van der Waals surface area contributed by atoms with Crippen molar-refractivity contribution in [1.82, 2.24) is 0 Å². The minimum atomic E-state index is -0.986. The second kappa shape index (κ2) is 5.32. The van der Waals surface area contributed by atoms with Gasteiger partial charge in [0, 0.05) is 14.7 Å². The largest absolute Gasteiger partial charge is 0.441 e. The molecule has 0 spiro atoms. The lowest BCUT2D eigenvalue weighted by molar-refractivity contribution is -0.140. The zero-order chi connectivity index (χ0) is 8.74. The number of hydrogen-bond acceptors (Lipinski definition) is 3. The first-order chi connectivity index (χ1) is 5.06. The lowest BCUT2D eigenvalue weighted by Gasteiger charge is -2.14. The molecule has 0 aliphatic carbocycles. The van der Waals surface area contributed by atoms with Gasteiger partial charge in [0.1, 0.15) is 0 Å². The van der Waals surface area contributed by atoms with Gasteiger partial charge in [-0.05, 0) is 6.04 Å².